The number of hydrogen-bond donors (Lipinski definition) is 2. The SMILES string of the molecule is Cn1cnc([C@@H]2CN(C(=O)Nc3cccc(C4CC4)n3)C[C@H]2N)c1. The molecule has 1 aliphatic carbocycles. The molecule has 24 heavy (non-hydrogen) atoms. The highest BCUT2D eigenvalue weighted by atomic mass is 16.2. The van der Waals surface area contributed by atoms with Gasteiger partial charge in [-0.05, 0) is 25.0 Å². The number of aromatic nitrogens is 3. The lowest BCUT2D eigenvalue weighted by Gasteiger charge is -2.16. The lowest BCUT2D eigenvalue weighted by Crippen LogP contribution is -2.35. The Labute approximate surface area is 140 Å². The summed E-state index contributed by atoms with van der Waals surface area (Å²) in [5.41, 5.74) is 8.23. The van der Waals surface area contributed by atoms with Gasteiger partial charge < -0.3 is 15.2 Å². The minimum absolute atomic E-state index is 0.0720. The van der Waals surface area contributed by atoms with Crippen molar-refractivity contribution in [3.05, 3.63) is 42.1 Å². The van der Waals surface area contributed by atoms with Crippen molar-refractivity contribution in [2.75, 3.05) is 18.4 Å². The molecule has 2 atom stereocenters. The zero-order valence-corrected chi connectivity index (χ0v) is 13.7. The Morgan fingerprint density at radius 2 is 2.12 bits per heavy atom. The maximum atomic E-state index is 12.5. The van der Waals surface area contributed by atoms with Crippen LogP contribution in [0.1, 0.15) is 36.1 Å². The first-order valence-electron chi connectivity index (χ1n) is 8.36. The first-order chi connectivity index (χ1) is 11.6. The number of nitrogens with one attached hydrogen (secondary N) is 1. The predicted octanol–water partition coefficient (Wildman–Crippen LogP) is 1.65. The fourth-order valence-electron chi connectivity index (χ4n) is 3.25. The van der Waals surface area contributed by atoms with E-state index in [0.717, 1.165) is 11.4 Å². The number of aryl methyl sites for hydroxylation is 1. The topological polar surface area (TPSA) is 89.1 Å². The van der Waals surface area contributed by atoms with E-state index in [4.69, 9.17) is 5.73 Å². The van der Waals surface area contributed by atoms with Gasteiger partial charge in [0.1, 0.15) is 5.82 Å². The molecule has 2 amide bonds. The predicted molar refractivity (Wildman–Crippen MR) is 90.7 cm³/mol. The van der Waals surface area contributed by atoms with E-state index in [1.54, 1.807) is 11.2 Å². The van der Waals surface area contributed by atoms with E-state index in [1.165, 1.54) is 12.8 Å². The lowest BCUT2D eigenvalue weighted by molar-refractivity contribution is 0.221. The van der Waals surface area contributed by atoms with Gasteiger partial charge in [0.25, 0.3) is 0 Å². The number of rotatable bonds is 3. The van der Waals surface area contributed by atoms with Crippen LogP contribution < -0.4 is 11.1 Å². The molecule has 1 aliphatic heterocycles. The van der Waals surface area contributed by atoms with E-state index < -0.39 is 0 Å². The summed E-state index contributed by atoms with van der Waals surface area (Å²) in [6, 6.07) is 5.55. The van der Waals surface area contributed by atoms with Crippen LogP contribution in [0.2, 0.25) is 0 Å². The van der Waals surface area contributed by atoms with Gasteiger partial charge in [0, 0.05) is 49.9 Å². The maximum Gasteiger partial charge on any atom is 0.323 e. The molecule has 7 nitrogen and oxygen atoms in total. The number of nitrogens with zero attached hydrogens (tertiary/aromatic N) is 4. The number of anilines is 1. The second-order valence-corrected chi connectivity index (χ2v) is 6.79. The summed E-state index contributed by atoms with van der Waals surface area (Å²) in [7, 11) is 1.93. The highest BCUT2D eigenvalue weighted by molar-refractivity contribution is 5.88. The van der Waals surface area contributed by atoms with Crippen molar-refractivity contribution in [3.8, 4) is 0 Å². The van der Waals surface area contributed by atoms with E-state index in [0.29, 0.717) is 24.8 Å². The molecule has 1 saturated heterocycles. The van der Waals surface area contributed by atoms with Gasteiger partial charge in [-0.25, -0.2) is 14.8 Å². The van der Waals surface area contributed by atoms with E-state index in [1.807, 2.05) is 36.0 Å². The number of hydrogen-bond acceptors (Lipinski definition) is 4. The normalized spacial score (nSPS) is 23.5. The van der Waals surface area contributed by atoms with Crippen LogP contribution in [0.3, 0.4) is 0 Å². The third-order valence-corrected chi connectivity index (χ3v) is 4.76. The van der Waals surface area contributed by atoms with Gasteiger partial charge in [0.05, 0.1) is 12.0 Å². The molecule has 4 rings (SSSR count). The number of urea groups is 1. The van der Waals surface area contributed by atoms with E-state index in [-0.39, 0.29) is 18.0 Å². The second-order valence-electron chi connectivity index (χ2n) is 6.79. The molecule has 3 heterocycles. The molecule has 0 spiro atoms. The van der Waals surface area contributed by atoms with E-state index in [9.17, 15) is 4.79 Å². The van der Waals surface area contributed by atoms with Crippen molar-refractivity contribution in [2.24, 2.45) is 12.8 Å². The Morgan fingerprint density at radius 1 is 1.29 bits per heavy atom. The average Bonchev–Trinajstić information content (AvgIpc) is 3.22. The van der Waals surface area contributed by atoms with Crippen molar-refractivity contribution < 1.29 is 4.79 Å². The van der Waals surface area contributed by atoms with Crippen LogP contribution in [0.25, 0.3) is 0 Å². The molecule has 2 aromatic heterocycles. The van der Waals surface area contributed by atoms with Gasteiger partial charge in [0.15, 0.2) is 0 Å². The number of carbonyl (C=O) groups is 1. The monoisotopic (exact) mass is 326 g/mol. The summed E-state index contributed by atoms with van der Waals surface area (Å²) >= 11 is 0. The molecule has 0 aromatic carbocycles. The van der Waals surface area contributed by atoms with Crippen molar-refractivity contribution in [1.29, 1.82) is 0 Å². The maximum absolute atomic E-state index is 12.5. The van der Waals surface area contributed by atoms with Crippen LogP contribution in [0.4, 0.5) is 10.6 Å². The Kier molecular flexibility index (Phi) is 3.72. The second kappa shape index (κ2) is 5.90. The number of amides is 2. The summed E-state index contributed by atoms with van der Waals surface area (Å²) in [6.45, 7) is 1.10. The molecule has 2 aliphatic rings. The molecule has 2 aromatic rings. The van der Waals surface area contributed by atoms with Gasteiger partial charge in [0.2, 0.25) is 0 Å². The van der Waals surface area contributed by atoms with Gasteiger partial charge in [-0.15, -0.1) is 0 Å². The first kappa shape index (κ1) is 15.1. The van der Waals surface area contributed by atoms with Crippen LogP contribution in [0.15, 0.2) is 30.7 Å². The Morgan fingerprint density at radius 3 is 2.83 bits per heavy atom. The van der Waals surface area contributed by atoms with E-state index in [2.05, 4.69) is 15.3 Å². The highest BCUT2D eigenvalue weighted by Crippen LogP contribution is 2.39. The molecule has 0 bridgehead atoms. The third kappa shape index (κ3) is 2.99. The summed E-state index contributed by atoms with van der Waals surface area (Å²) in [6.07, 6.45) is 6.11. The van der Waals surface area contributed by atoms with Crippen LogP contribution in [-0.4, -0.2) is 44.6 Å². The molecule has 3 N–H and O–H groups in total. The minimum Gasteiger partial charge on any atom is -0.340 e. The van der Waals surface area contributed by atoms with Gasteiger partial charge >= 0.3 is 6.03 Å². The molecule has 0 radical (unpaired) electrons. The summed E-state index contributed by atoms with van der Waals surface area (Å²) in [5, 5.41) is 2.90. The smallest absolute Gasteiger partial charge is 0.323 e. The molecule has 0 unspecified atom stereocenters. The Hall–Kier alpha value is -2.41. The minimum atomic E-state index is -0.149. The van der Waals surface area contributed by atoms with Crippen molar-refractivity contribution in [3.63, 3.8) is 0 Å². The van der Waals surface area contributed by atoms with Crippen LogP contribution >= 0.6 is 0 Å². The standard InChI is InChI=1S/C17H22N6O/c1-22-9-15(19-10-22)12-7-23(8-13(12)18)17(24)21-16-4-2-3-14(20-16)11-5-6-11/h2-4,9-13H,5-8,18H2,1H3,(H,20,21,24)/t12-,13-/m1/s1. The number of imidazole rings is 1. The van der Waals surface area contributed by atoms with Gasteiger partial charge in [-0.1, -0.05) is 6.07 Å². The zero-order valence-electron chi connectivity index (χ0n) is 13.7. The lowest BCUT2D eigenvalue weighted by atomic mass is 10.0. The van der Waals surface area contributed by atoms with Crippen LogP contribution in [0, 0.1) is 0 Å². The largest absolute Gasteiger partial charge is 0.340 e. The zero-order chi connectivity index (χ0) is 16.7. The van der Waals surface area contributed by atoms with Crippen LogP contribution in [-0.2, 0) is 7.05 Å². The summed E-state index contributed by atoms with van der Waals surface area (Å²) in [5.74, 6) is 1.25. The number of carbonyl (C=O) groups excluding carboxylic acids is 1. The van der Waals surface area contributed by atoms with Gasteiger partial charge in [-0.2, -0.15) is 0 Å². The number of likely N-dealkylation sites (tertiary alicyclic amines) is 1. The molecular weight excluding hydrogens is 304 g/mol. The quantitative estimate of drug-likeness (QED) is 0.897. The molecule has 1 saturated carbocycles. The molecule has 2 fully saturated rings. The average molecular weight is 326 g/mol. The molecule has 126 valence electrons. The summed E-state index contributed by atoms with van der Waals surface area (Å²) < 4.78 is 1.90. The third-order valence-electron chi connectivity index (χ3n) is 4.76. The molecular formula is C17H22N6O. The highest BCUT2D eigenvalue weighted by Gasteiger charge is 2.35. The first-order valence-corrected chi connectivity index (χ1v) is 8.36. The van der Waals surface area contributed by atoms with Crippen molar-refractivity contribution in [1.82, 2.24) is 19.4 Å². The van der Waals surface area contributed by atoms with Crippen molar-refractivity contribution >= 4 is 11.8 Å². The van der Waals surface area contributed by atoms with Crippen LogP contribution in [0.5, 0.6) is 0 Å². The fourth-order valence-corrected chi connectivity index (χ4v) is 3.25. The number of nitrogens with two attached hydrogens (primary N) is 1. The Balaban J connectivity index is 1.42. The Bertz CT molecular complexity index is 753. The molecule has 7 heteroatoms. The van der Waals surface area contributed by atoms with E-state index >= 15 is 0 Å². The van der Waals surface area contributed by atoms with Crippen molar-refractivity contribution in [2.45, 2.75) is 30.7 Å². The number of pyridine rings is 1. The fraction of sp³-hybridized carbons (Fsp3) is 0.471. The summed E-state index contributed by atoms with van der Waals surface area (Å²) in [4.78, 5) is 23.2. The van der Waals surface area contributed by atoms with Gasteiger partial charge in [-0.3, -0.25) is 5.32 Å².